The zero-order valence-corrected chi connectivity index (χ0v) is 14.6. The van der Waals surface area contributed by atoms with Crippen molar-refractivity contribution in [3.63, 3.8) is 0 Å². The van der Waals surface area contributed by atoms with E-state index < -0.39 is 0 Å². The third-order valence-electron chi connectivity index (χ3n) is 4.99. The molecule has 7 heteroatoms. The van der Waals surface area contributed by atoms with Crippen molar-refractivity contribution in [1.29, 1.82) is 0 Å². The zero-order valence-electron chi connectivity index (χ0n) is 13.9. The summed E-state index contributed by atoms with van der Waals surface area (Å²) in [4.78, 5) is 26.8. The van der Waals surface area contributed by atoms with E-state index in [9.17, 15) is 4.79 Å². The summed E-state index contributed by atoms with van der Waals surface area (Å²) >= 11 is 6.03. The highest BCUT2D eigenvalue weighted by Crippen LogP contribution is 2.27. The lowest BCUT2D eigenvalue weighted by atomic mass is 10.2. The van der Waals surface area contributed by atoms with Crippen molar-refractivity contribution in [2.24, 2.45) is 0 Å². The van der Waals surface area contributed by atoms with E-state index in [-0.39, 0.29) is 11.9 Å². The van der Waals surface area contributed by atoms with Crippen LogP contribution in [-0.2, 0) is 0 Å². The monoisotopic (exact) mass is 365 g/mol. The van der Waals surface area contributed by atoms with Crippen molar-refractivity contribution in [2.45, 2.75) is 12.5 Å². The first-order valence-electron chi connectivity index (χ1n) is 8.54. The van der Waals surface area contributed by atoms with Crippen LogP contribution in [0.5, 0.6) is 0 Å². The number of aromatic amines is 1. The number of hydrogen-bond acceptors (Lipinski definition) is 3. The highest BCUT2D eigenvalue weighted by Gasteiger charge is 2.29. The Balaban J connectivity index is 1.40. The van der Waals surface area contributed by atoms with Crippen molar-refractivity contribution < 1.29 is 4.79 Å². The van der Waals surface area contributed by atoms with Crippen LogP contribution in [0.1, 0.15) is 23.0 Å². The number of carbonyl (C=O) groups excluding carboxylic acids is 1. The molecule has 4 aromatic rings. The van der Waals surface area contributed by atoms with E-state index in [1.165, 1.54) is 0 Å². The molecule has 0 saturated carbocycles. The summed E-state index contributed by atoms with van der Waals surface area (Å²) in [7, 11) is 0. The predicted molar refractivity (Wildman–Crippen MR) is 100 cm³/mol. The van der Waals surface area contributed by atoms with Gasteiger partial charge in [0.05, 0.1) is 12.4 Å². The topological polar surface area (TPSA) is 66.8 Å². The lowest BCUT2D eigenvalue weighted by Gasteiger charge is -2.16. The fourth-order valence-corrected chi connectivity index (χ4v) is 3.86. The van der Waals surface area contributed by atoms with E-state index in [0.29, 0.717) is 23.8 Å². The van der Waals surface area contributed by atoms with Crippen LogP contribution in [0, 0.1) is 0 Å². The molecule has 0 radical (unpaired) electrons. The van der Waals surface area contributed by atoms with Gasteiger partial charge in [-0.2, -0.15) is 0 Å². The van der Waals surface area contributed by atoms with Gasteiger partial charge in [-0.15, -0.1) is 0 Å². The number of imidazole rings is 1. The van der Waals surface area contributed by atoms with E-state index in [4.69, 9.17) is 11.6 Å². The average molecular weight is 366 g/mol. The van der Waals surface area contributed by atoms with Crippen LogP contribution >= 0.6 is 11.6 Å². The smallest absolute Gasteiger partial charge is 0.270 e. The van der Waals surface area contributed by atoms with Crippen LogP contribution in [0.25, 0.3) is 22.1 Å². The minimum absolute atomic E-state index is 0.0113. The van der Waals surface area contributed by atoms with Crippen molar-refractivity contribution in [3.8, 4) is 0 Å². The second kappa shape index (κ2) is 5.85. The van der Waals surface area contributed by atoms with Crippen LogP contribution in [0.15, 0.2) is 48.9 Å². The van der Waals surface area contributed by atoms with Crippen molar-refractivity contribution in [2.75, 3.05) is 13.1 Å². The maximum atomic E-state index is 12.9. The third kappa shape index (κ3) is 2.45. The van der Waals surface area contributed by atoms with Gasteiger partial charge in [0.2, 0.25) is 0 Å². The zero-order chi connectivity index (χ0) is 17.7. The molecular weight excluding hydrogens is 350 g/mol. The predicted octanol–water partition coefficient (Wildman–Crippen LogP) is 3.65. The molecule has 26 heavy (non-hydrogen) atoms. The molecule has 130 valence electrons. The molecule has 6 nitrogen and oxygen atoms in total. The molecule has 1 amide bonds. The molecule has 3 aromatic heterocycles. The fourth-order valence-electron chi connectivity index (χ4n) is 3.68. The first-order chi connectivity index (χ1) is 12.7. The van der Waals surface area contributed by atoms with Gasteiger partial charge in [0.25, 0.3) is 5.91 Å². The number of nitrogens with one attached hydrogen (secondary N) is 1. The van der Waals surface area contributed by atoms with Gasteiger partial charge in [-0.05, 0) is 42.8 Å². The van der Waals surface area contributed by atoms with Crippen LogP contribution in [0.4, 0.5) is 0 Å². The van der Waals surface area contributed by atoms with Gasteiger partial charge in [-0.3, -0.25) is 4.79 Å². The molecule has 5 rings (SSSR count). The molecule has 1 aliphatic heterocycles. The Labute approximate surface area is 154 Å². The van der Waals surface area contributed by atoms with Gasteiger partial charge in [0.15, 0.2) is 5.65 Å². The number of carbonyl (C=O) groups is 1. The summed E-state index contributed by atoms with van der Waals surface area (Å²) in [5, 5.41) is 1.61. The summed E-state index contributed by atoms with van der Waals surface area (Å²) in [6, 6.07) is 11.5. The molecule has 1 aromatic carbocycles. The number of nitrogens with zero attached hydrogens (tertiary/aromatic N) is 4. The standard InChI is InChI=1S/C19H16ClN5O/c20-13-3-4-15-12(8-13)9-17(23-15)19(26)24-7-5-14(10-24)25-11-22-16-2-1-6-21-18(16)25/h1-4,6,8-9,11,14,23H,5,7,10H2. The Bertz CT molecular complexity index is 1130. The molecule has 1 fully saturated rings. The number of hydrogen-bond donors (Lipinski definition) is 1. The minimum Gasteiger partial charge on any atom is -0.351 e. The molecule has 1 aliphatic rings. The lowest BCUT2D eigenvalue weighted by molar-refractivity contribution is 0.0783. The molecule has 1 N–H and O–H groups in total. The SMILES string of the molecule is O=C(c1cc2cc(Cl)ccc2[nH]1)N1CCC(n2cnc3cccnc32)C1. The van der Waals surface area contributed by atoms with Crippen molar-refractivity contribution >= 4 is 39.6 Å². The van der Waals surface area contributed by atoms with E-state index in [0.717, 1.165) is 28.5 Å². The second-order valence-electron chi connectivity index (χ2n) is 6.61. The van der Waals surface area contributed by atoms with Gasteiger partial charge in [0, 0.05) is 35.2 Å². The van der Waals surface area contributed by atoms with Crippen LogP contribution in [-0.4, -0.2) is 43.4 Å². The summed E-state index contributed by atoms with van der Waals surface area (Å²) in [6.07, 6.45) is 4.48. The molecule has 1 unspecified atom stereocenters. The molecular formula is C19H16ClN5O. The highest BCUT2D eigenvalue weighted by atomic mass is 35.5. The normalized spacial score (nSPS) is 17.4. The van der Waals surface area contributed by atoms with E-state index >= 15 is 0 Å². The Hall–Kier alpha value is -2.86. The summed E-state index contributed by atoms with van der Waals surface area (Å²) < 4.78 is 2.08. The summed E-state index contributed by atoms with van der Waals surface area (Å²) in [5.41, 5.74) is 3.26. The third-order valence-corrected chi connectivity index (χ3v) is 5.22. The van der Waals surface area contributed by atoms with E-state index in [1.807, 2.05) is 47.6 Å². The molecule has 1 saturated heterocycles. The second-order valence-corrected chi connectivity index (χ2v) is 7.04. The van der Waals surface area contributed by atoms with Gasteiger partial charge in [-0.1, -0.05) is 11.6 Å². The Morgan fingerprint density at radius 3 is 3.08 bits per heavy atom. The molecule has 0 bridgehead atoms. The minimum atomic E-state index is 0.0113. The number of aromatic nitrogens is 4. The number of likely N-dealkylation sites (tertiary alicyclic amines) is 1. The Morgan fingerprint density at radius 2 is 2.15 bits per heavy atom. The number of H-pyrrole nitrogens is 1. The van der Waals surface area contributed by atoms with Crippen LogP contribution in [0.2, 0.25) is 5.02 Å². The van der Waals surface area contributed by atoms with Crippen LogP contribution in [0.3, 0.4) is 0 Å². The number of benzene rings is 1. The van der Waals surface area contributed by atoms with E-state index in [2.05, 4.69) is 19.5 Å². The maximum absolute atomic E-state index is 12.9. The summed E-state index contributed by atoms with van der Waals surface area (Å²) in [5.74, 6) is 0.0113. The maximum Gasteiger partial charge on any atom is 0.270 e. The first kappa shape index (κ1) is 15.4. The molecule has 0 aliphatic carbocycles. The molecule has 0 spiro atoms. The number of fused-ring (bicyclic) bond motifs is 2. The van der Waals surface area contributed by atoms with Crippen molar-refractivity contribution in [1.82, 2.24) is 24.4 Å². The van der Waals surface area contributed by atoms with Gasteiger partial charge >= 0.3 is 0 Å². The largest absolute Gasteiger partial charge is 0.351 e. The molecule has 4 heterocycles. The first-order valence-corrected chi connectivity index (χ1v) is 8.92. The Kier molecular flexibility index (Phi) is 3.46. The molecule has 1 atom stereocenters. The van der Waals surface area contributed by atoms with Gasteiger partial charge in [0.1, 0.15) is 11.2 Å². The van der Waals surface area contributed by atoms with E-state index in [1.54, 1.807) is 6.20 Å². The number of rotatable bonds is 2. The summed E-state index contributed by atoms with van der Waals surface area (Å²) in [6.45, 7) is 1.36. The average Bonchev–Trinajstić information content (AvgIpc) is 3.37. The fraction of sp³-hybridized carbons (Fsp3) is 0.211. The van der Waals surface area contributed by atoms with Gasteiger partial charge < -0.3 is 14.5 Å². The number of pyridine rings is 1. The number of amides is 1. The lowest BCUT2D eigenvalue weighted by Crippen LogP contribution is -2.29. The van der Waals surface area contributed by atoms with Gasteiger partial charge in [-0.25, -0.2) is 9.97 Å². The quantitative estimate of drug-likeness (QED) is 0.589. The Morgan fingerprint density at radius 1 is 1.23 bits per heavy atom. The highest BCUT2D eigenvalue weighted by molar-refractivity contribution is 6.31. The van der Waals surface area contributed by atoms with Crippen molar-refractivity contribution in [3.05, 3.63) is 59.6 Å². The van der Waals surface area contributed by atoms with Crippen LogP contribution < -0.4 is 0 Å². The number of halogens is 1.